The van der Waals surface area contributed by atoms with Gasteiger partial charge in [-0.2, -0.15) is 0 Å². The minimum atomic E-state index is -0.503. The predicted molar refractivity (Wildman–Crippen MR) is 72.7 cm³/mol. The largest absolute Gasteiger partial charge is 0.465 e. The summed E-state index contributed by atoms with van der Waals surface area (Å²) in [6.07, 6.45) is 1.02. The summed E-state index contributed by atoms with van der Waals surface area (Å²) in [6.45, 7) is 3.91. The van der Waals surface area contributed by atoms with Crippen molar-refractivity contribution in [2.24, 2.45) is 5.92 Å². The zero-order valence-corrected chi connectivity index (χ0v) is 10.9. The zero-order valence-electron chi connectivity index (χ0n) is 10.9. The molecule has 0 heterocycles. The highest BCUT2D eigenvalue weighted by molar-refractivity contribution is 6.09. The summed E-state index contributed by atoms with van der Waals surface area (Å²) in [5, 5.41) is 10.5. The fraction of sp³-hybridized carbons (Fsp3) is 0.286. The summed E-state index contributed by atoms with van der Waals surface area (Å²) < 4.78 is 4.68. The van der Waals surface area contributed by atoms with E-state index in [1.165, 1.54) is 7.11 Å². The second-order valence-corrected chi connectivity index (χ2v) is 4.11. The Morgan fingerprint density at radius 3 is 2.39 bits per heavy atom. The molecule has 1 aromatic carbocycles. The molecular formula is C14H18N2O2. The van der Waals surface area contributed by atoms with Gasteiger partial charge in [-0.25, -0.2) is 4.79 Å². The van der Waals surface area contributed by atoms with Crippen LogP contribution in [-0.4, -0.2) is 19.3 Å². The number of carbonyl (C=O) groups is 1. The van der Waals surface area contributed by atoms with Crippen molar-refractivity contribution in [1.29, 1.82) is 5.41 Å². The third-order valence-electron chi connectivity index (χ3n) is 2.47. The summed E-state index contributed by atoms with van der Waals surface area (Å²) >= 11 is 0. The first-order valence-electron chi connectivity index (χ1n) is 5.75. The monoisotopic (exact) mass is 246 g/mol. The molecule has 0 bridgehead atoms. The van der Waals surface area contributed by atoms with E-state index in [2.05, 4.69) is 10.1 Å². The molecule has 0 radical (unpaired) electrons. The molecule has 0 atom stereocenters. The molecule has 0 aliphatic carbocycles. The predicted octanol–water partition coefficient (Wildman–Crippen LogP) is 2.83. The van der Waals surface area contributed by atoms with E-state index in [4.69, 9.17) is 5.41 Å². The van der Waals surface area contributed by atoms with Crippen molar-refractivity contribution in [3.8, 4) is 0 Å². The molecule has 0 aliphatic rings. The number of rotatable bonds is 5. The van der Waals surface area contributed by atoms with E-state index in [-0.39, 0.29) is 11.5 Å². The molecule has 4 heteroatoms. The number of carbonyl (C=O) groups excluding carboxylic acids is 1. The van der Waals surface area contributed by atoms with Gasteiger partial charge in [0.05, 0.1) is 12.7 Å². The summed E-state index contributed by atoms with van der Waals surface area (Å²) in [7, 11) is 1.31. The lowest BCUT2D eigenvalue weighted by atomic mass is 10.0. The van der Waals surface area contributed by atoms with Gasteiger partial charge < -0.3 is 15.5 Å². The van der Waals surface area contributed by atoms with Gasteiger partial charge in [-0.1, -0.05) is 32.0 Å². The molecule has 0 aromatic heterocycles. The van der Waals surface area contributed by atoms with Crippen LogP contribution in [0.1, 0.15) is 13.8 Å². The Kier molecular flexibility index (Phi) is 5.11. The molecule has 0 fully saturated rings. The summed E-state index contributed by atoms with van der Waals surface area (Å²) in [5.74, 6) is -0.418. The molecule has 1 rings (SSSR count). The SMILES string of the molecule is COC(=O)/C(C=N)=C(/Nc1ccccc1)C(C)C. The number of anilines is 1. The molecule has 1 aromatic rings. The minimum Gasteiger partial charge on any atom is -0.465 e. The first kappa shape index (κ1) is 14.0. The normalized spacial score (nSPS) is 11.8. The maximum atomic E-state index is 11.6. The van der Waals surface area contributed by atoms with Crippen molar-refractivity contribution >= 4 is 17.9 Å². The number of hydrogen-bond donors (Lipinski definition) is 2. The Balaban J connectivity index is 3.12. The summed E-state index contributed by atoms with van der Waals surface area (Å²) in [6, 6.07) is 9.54. The fourth-order valence-corrected chi connectivity index (χ4v) is 1.56. The Morgan fingerprint density at radius 2 is 1.94 bits per heavy atom. The van der Waals surface area contributed by atoms with Crippen molar-refractivity contribution in [3.05, 3.63) is 41.6 Å². The molecule has 4 nitrogen and oxygen atoms in total. The van der Waals surface area contributed by atoms with E-state index in [9.17, 15) is 4.79 Å². The molecule has 96 valence electrons. The van der Waals surface area contributed by atoms with Crippen molar-refractivity contribution in [2.45, 2.75) is 13.8 Å². The molecule has 0 unspecified atom stereocenters. The molecule has 2 N–H and O–H groups in total. The second-order valence-electron chi connectivity index (χ2n) is 4.11. The van der Waals surface area contributed by atoms with Gasteiger partial charge in [0.15, 0.2) is 0 Å². The number of ether oxygens (including phenoxy) is 1. The van der Waals surface area contributed by atoms with E-state index in [1.54, 1.807) is 0 Å². The number of allylic oxidation sites excluding steroid dienone is 1. The van der Waals surface area contributed by atoms with Crippen LogP contribution in [0.25, 0.3) is 0 Å². The Morgan fingerprint density at radius 1 is 1.33 bits per heavy atom. The first-order chi connectivity index (χ1) is 8.60. The Hall–Kier alpha value is -2.10. The third kappa shape index (κ3) is 3.45. The van der Waals surface area contributed by atoms with E-state index in [0.29, 0.717) is 5.70 Å². The van der Waals surface area contributed by atoms with Crippen molar-refractivity contribution in [2.75, 3.05) is 12.4 Å². The third-order valence-corrected chi connectivity index (χ3v) is 2.47. The summed E-state index contributed by atoms with van der Waals surface area (Å²) in [5.41, 5.74) is 1.81. The number of methoxy groups -OCH3 is 1. The van der Waals surface area contributed by atoms with Crippen LogP contribution in [0.15, 0.2) is 41.6 Å². The van der Waals surface area contributed by atoms with Gasteiger partial charge in [0.1, 0.15) is 0 Å². The molecule has 0 saturated heterocycles. The Bertz CT molecular complexity index is 450. The van der Waals surface area contributed by atoms with Gasteiger partial charge in [0.2, 0.25) is 0 Å². The number of hydrogen-bond acceptors (Lipinski definition) is 4. The molecule has 0 aliphatic heterocycles. The van der Waals surface area contributed by atoms with Crippen LogP contribution in [0, 0.1) is 11.3 Å². The number of esters is 1. The van der Waals surface area contributed by atoms with E-state index in [0.717, 1.165) is 11.9 Å². The average Bonchev–Trinajstić information content (AvgIpc) is 2.39. The highest BCUT2D eigenvalue weighted by atomic mass is 16.5. The maximum absolute atomic E-state index is 11.6. The standard InChI is InChI=1S/C14H18N2O2/c1-10(2)13(12(9-15)14(17)18-3)16-11-7-5-4-6-8-11/h4-10,15-16H,1-3H3/b13-12+,15-9?. The fourth-order valence-electron chi connectivity index (χ4n) is 1.56. The Labute approximate surface area is 107 Å². The maximum Gasteiger partial charge on any atom is 0.341 e. The topological polar surface area (TPSA) is 62.2 Å². The first-order valence-corrected chi connectivity index (χ1v) is 5.75. The number of benzene rings is 1. The van der Waals surface area contributed by atoms with Crippen LogP contribution < -0.4 is 5.32 Å². The minimum absolute atomic E-state index is 0.0842. The van der Waals surface area contributed by atoms with E-state index < -0.39 is 5.97 Å². The van der Waals surface area contributed by atoms with Crippen LogP contribution in [0.2, 0.25) is 0 Å². The van der Waals surface area contributed by atoms with Gasteiger partial charge in [0, 0.05) is 17.6 Å². The number of para-hydroxylation sites is 1. The van der Waals surface area contributed by atoms with Crippen LogP contribution in [0.3, 0.4) is 0 Å². The van der Waals surface area contributed by atoms with Crippen molar-refractivity contribution < 1.29 is 9.53 Å². The highest BCUT2D eigenvalue weighted by Gasteiger charge is 2.16. The molecule has 0 spiro atoms. The molecule has 18 heavy (non-hydrogen) atoms. The van der Waals surface area contributed by atoms with Crippen LogP contribution >= 0.6 is 0 Å². The quantitative estimate of drug-likeness (QED) is 0.477. The second kappa shape index (κ2) is 6.59. The lowest BCUT2D eigenvalue weighted by molar-refractivity contribution is -0.135. The lowest BCUT2D eigenvalue weighted by Crippen LogP contribution is -2.17. The average molecular weight is 246 g/mol. The molecule has 0 saturated carbocycles. The van der Waals surface area contributed by atoms with Gasteiger partial charge in [-0.15, -0.1) is 0 Å². The van der Waals surface area contributed by atoms with E-state index in [1.807, 2.05) is 44.2 Å². The van der Waals surface area contributed by atoms with Crippen LogP contribution in [0.5, 0.6) is 0 Å². The summed E-state index contributed by atoms with van der Waals surface area (Å²) in [4.78, 5) is 11.6. The van der Waals surface area contributed by atoms with Gasteiger partial charge in [-0.05, 0) is 18.1 Å². The molecular weight excluding hydrogens is 228 g/mol. The van der Waals surface area contributed by atoms with E-state index >= 15 is 0 Å². The zero-order chi connectivity index (χ0) is 13.5. The van der Waals surface area contributed by atoms with Crippen LogP contribution in [-0.2, 0) is 9.53 Å². The smallest absolute Gasteiger partial charge is 0.341 e. The van der Waals surface area contributed by atoms with Gasteiger partial charge >= 0.3 is 5.97 Å². The van der Waals surface area contributed by atoms with Gasteiger partial charge in [-0.3, -0.25) is 0 Å². The van der Waals surface area contributed by atoms with Crippen molar-refractivity contribution in [3.63, 3.8) is 0 Å². The van der Waals surface area contributed by atoms with Gasteiger partial charge in [0.25, 0.3) is 0 Å². The lowest BCUT2D eigenvalue weighted by Gasteiger charge is -2.17. The highest BCUT2D eigenvalue weighted by Crippen LogP contribution is 2.18. The van der Waals surface area contributed by atoms with Crippen LogP contribution in [0.4, 0.5) is 5.69 Å². The number of nitrogens with one attached hydrogen (secondary N) is 2. The molecule has 0 amide bonds. The van der Waals surface area contributed by atoms with Crippen molar-refractivity contribution in [1.82, 2.24) is 0 Å².